The number of hydrogen-bond donors (Lipinski definition) is 1. The summed E-state index contributed by atoms with van der Waals surface area (Å²) in [6.07, 6.45) is 6.88. The summed E-state index contributed by atoms with van der Waals surface area (Å²) in [6.45, 7) is 2.56. The van der Waals surface area contributed by atoms with Crippen LogP contribution in [0.3, 0.4) is 0 Å². The molecule has 0 saturated carbocycles. The van der Waals surface area contributed by atoms with Crippen molar-refractivity contribution in [1.82, 2.24) is 10.3 Å². The zero-order valence-electron chi connectivity index (χ0n) is 14.0. The molecule has 132 valence electrons. The van der Waals surface area contributed by atoms with Crippen LogP contribution in [0.25, 0.3) is 0 Å². The third kappa shape index (κ3) is 4.86. The van der Waals surface area contributed by atoms with Gasteiger partial charge in [-0.25, -0.2) is 4.98 Å². The van der Waals surface area contributed by atoms with Gasteiger partial charge in [-0.3, -0.25) is 4.79 Å². The molecule has 6 heteroatoms. The van der Waals surface area contributed by atoms with Crippen LogP contribution < -0.4 is 10.2 Å². The van der Waals surface area contributed by atoms with E-state index in [0.29, 0.717) is 22.2 Å². The van der Waals surface area contributed by atoms with E-state index in [0.717, 1.165) is 24.5 Å². The van der Waals surface area contributed by atoms with Gasteiger partial charge in [-0.1, -0.05) is 42.1 Å². The normalized spacial score (nSPS) is 14.9. The Morgan fingerprint density at radius 1 is 1.04 bits per heavy atom. The summed E-state index contributed by atoms with van der Waals surface area (Å²) in [5.41, 5.74) is 1.45. The third-order valence-electron chi connectivity index (χ3n) is 4.37. The molecule has 25 heavy (non-hydrogen) atoms. The number of anilines is 1. The molecule has 2 heterocycles. The maximum absolute atomic E-state index is 12.2. The molecule has 0 bridgehead atoms. The molecule has 0 radical (unpaired) electrons. The SMILES string of the molecule is O=C(NCc1ccc(N2CCCCCC2)nc1)c1ccc(Cl)c(Cl)c1. The number of halogens is 2. The lowest BCUT2D eigenvalue weighted by atomic mass is 10.2. The summed E-state index contributed by atoms with van der Waals surface area (Å²) in [5, 5.41) is 3.69. The predicted octanol–water partition coefficient (Wildman–Crippen LogP) is 4.70. The van der Waals surface area contributed by atoms with Crippen LogP contribution in [0.5, 0.6) is 0 Å². The molecule has 4 nitrogen and oxygen atoms in total. The summed E-state index contributed by atoms with van der Waals surface area (Å²) < 4.78 is 0. The number of pyridine rings is 1. The van der Waals surface area contributed by atoms with E-state index < -0.39 is 0 Å². The first-order valence-electron chi connectivity index (χ1n) is 8.56. The summed E-state index contributed by atoms with van der Waals surface area (Å²) in [4.78, 5) is 19.1. The molecular weight excluding hydrogens is 357 g/mol. The number of benzene rings is 1. The Kier molecular flexibility index (Phi) is 6.16. The number of nitrogens with one attached hydrogen (secondary N) is 1. The van der Waals surface area contributed by atoms with Gasteiger partial charge in [0.05, 0.1) is 10.0 Å². The van der Waals surface area contributed by atoms with E-state index >= 15 is 0 Å². The Bertz CT molecular complexity index is 726. The molecule has 2 aromatic rings. The maximum Gasteiger partial charge on any atom is 0.251 e. The summed E-state index contributed by atoms with van der Waals surface area (Å²) in [6, 6.07) is 8.90. The van der Waals surface area contributed by atoms with E-state index in [1.165, 1.54) is 25.7 Å². The lowest BCUT2D eigenvalue weighted by Crippen LogP contribution is -2.25. The lowest BCUT2D eigenvalue weighted by molar-refractivity contribution is 0.0951. The van der Waals surface area contributed by atoms with Gasteiger partial charge in [0.15, 0.2) is 0 Å². The summed E-state index contributed by atoms with van der Waals surface area (Å²) in [7, 11) is 0. The number of aromatic nitrogens is 1. The highest BCUT2D eigenvalue weighted by atomic mass is 35.5. The van der Waals surface area contributed by atoms with E-state index in [1.807, 2.05) is 18.3 Å². The van der Waals surface area contributed by atoms with Crippen molar-refractivity contribution in [1.29, 1.82) is 0 Å². The van der Waals surface area contributed by atoms with Gasteiger partial charge in [0.1, 0.15) is 5.82 Å². The summed E-state index contributed by atoms with van der Waals surface area (Å²) in [5.74, 6) is 0.830. The van der Waals surface area contributed by atoms with Crippen LogP contribution in [0, 0.1) is 0 Å². The van der Waals surface area contributed by atoms with Crippen LogP contribution in [-0.2, 0) is 6.54 Å². The minimum atomic E-state index is -0.185. The van der Waals surface area contributed by atoms with Gasteiger partial charge >= 0.3 is 0 Å². The number of amides is 1. The number of hydrogen-bond acceptors (Lipinski definition) is 3. The smallest absolute Gasteiger partial charge is 0.251 e. The predicted molar refractivity (Wildman–Crippen MR) is 103 cm³/mol. The Morgan fingerprint density at radius 3 is 2.44 bits per heavy atom. The second-order valence-electron chi connectivity index (χ2n) is 6.24. The zero-order chi connectivity index (χ0) is 17.6. The fourth-order valence-electron chi connectivity index (χ4n) is 2.93. The standard InChI is InChI=1S/C19H21Cl2N3O/c20-16-7-6-15(11-17(16)21)19(25)23-13-14-5-8-18(22-12-14)24-9-3-1-2-4-10-24/h5-8,11-12H,1-4,9-10,13H2,(H,23,25). The molecule has 1 aromatic carbocycles. The monoisotopic (exact) mass is 377 g/mol. The number of nitrogens with zero attached hydrogens (tertiary/aromatic N) is 2. The van der Waals surface area contributed by atoms with Crippen molar-refractivity contribution >= 4 is 34.9 Å². The number of rotatable bonds is 4. The molecule has 0 spiro atoms. The van der Waals surface area contributed by atoms with Crippen LogP contribution in [0.4, 0.5) is 5.82 Å². The van der Waals surface area contributed by atoms with Gasteiger partial charge in [-0.2, -0.15) is 0 Å². The van der Waals surface area contributed by atoms with Crippen molar-refractivity contribution in [2.24, 2.45) is 0 Å². The molecule has 1 fully saturated rings. The Morgan fingerprint density at radius 2 is 1.80 bits per heavy atom. The van der Waals surface area contributed by atoms with E-state index in [4.69, 9.17) is 23.2 Å². The highest BCUT2D eigenvalue weighted by Crippen LogP contribution is 2.22. The van der Waals surface area contributed by atoms with E-state index in [9.17, 15) is 4.79 Å². The minimum absolute atomic E-state index is 0.185. The molecule has 1 aliphatic rings. The Balaban J connectivity index is 1.57. The van der Waals surface area contributed by atoms with Gasteiger partial charge in [0, 0.05) is 31.4 Å². The van der Waals surface area contributed by atoms with Crippen molar-refractivity contribution in [3.8, 4) is 0 Å². The fraction of sp³-hybridized carbons (Fsp3) is 0.368. The second-order valence-corrected chi connectivity index (χ2v) is 7.05. The number of carbonyl (C=O) groups excluding carboxylic acids is 1. The fourth-order valence-corrected chi connectivity index (χ4v) is 3.23. The van der Waals surface area contributed by atoms with Crippen molar-refractivity contribution < 1.29 is 4.79 Å². The topological polar surface area (TPSA) is 45.2 Å². The minimum Gasteiger partial charge on any atom is -0.357 e. The molecule has 1 N–H and O–H groups in total. The first kappa shape index (κ1) is 18.0. The van der Waals surface area contributed by atoms with Gasteiger partial charge in [0.25, 0.3) is 5.91 Å². The molecule has 0 atom stereocenters. The van der Waals surface area contributed by atoms with Crippen LogP contribution >= 0.6 is 23.2 Å². The molecule has 3 rings (SSSR count). The van der Waals surface area contributed by atoms with Crippen LogP contribution in [0.2, 0.25) is 10.0 Å². The van der Waals surface area contributed by atoms with E-state index in [1.54, 1.807) is 18.2 Å². The van der Waals surface area contributed by atoms with Crippen molar-refractivity contribution in [3.05, 3.63) is 57.7 Å². The molecule has 1 aliphatic heterocycles. The van der Waals surface area contributed by atoms with Crippen molar-refractivity contribution in [2.45, 2.75) is 32.2 Å². The average molecular weight is 378 g/mol. The first-order chi connectivity index (χ1) is 12.1. The van der Waals surface area contributed by atoms with E-state index in [-0.39, 0.29) is 5.91 Å². The van der Waals surface area contributed by atoms with Crippen LogP contribution in [0.15, 0.2) is 36.5 Å². The Labute approximate surface area is 158 Å². The van der Waals surface area contributed by atoms with Crippen LogP contribution in [0.1, 0.15) is 41.6 Å². The van der Waals surface area contributed by atoms with Gasteiger partial charge in [-0.15, -0.1) is 0 Å². The molecule has 1 saturated heterocycles. The molecular formula is C19H21Cl2N3O. The third-order valence-corrected chi connectivity index (χ3v) is 5.11. The highest BCUT2D eigenvalue weighted by molar-refractivity contribution is 6.42. The average Bonchev–Trinajstić information content (AvgIpc) is 2.92. The lowest BCUT2D eigenvalue weighted by Gasteiger charge is -2.21. The van der Waals surface area contributed by atoms with Crippen molar-refractivity contribution in [3.63, 3.8) is 0 Å². The zero-order valence-corrected chi connectivity index (χ0v) is 15.5. The summed E-state index contributed by atoms with van der Waals surface area (Å²) >= 11 is 11.8. The molecule has 1 amide bonds. The maximum atomic E-state index is 12.2. The van der Waals surface area contributed by atoms with Crippen molar-refractivity contribution in [2.75, 3.05) is 18.0 Å². The van der Waals surface area contributed by atoms with Gasteiger partial charge in [0.2, 0.25) is 0 Å². The Hall–Kier alpha value is -1.78. The van der Waals surface area contributed by atoms with Crippen LogP contribution in [-0.4, -0.2) is 24.0 Å². The molecule has 0 unspecified atom stereocenters. The van der Waals surface area contributed by atoms with Gasteiger partial charge in [-0.05, 0) is 42.7 Å². The number of carbonyl (C=O) groups is 1. The first-order valence-corrected chi connectivity index (χ1v) is 9.32. The quantitative estimate of drug-likeness (QED) is 0.839. The molecule has 0 aliphatic carbocycles. The second kappa shape index (κ2) is 8.54. The highest BCUT2D eigenvalue weighted by Gasteiger charge is 2.11. The largest absolute Gasteiger partial charge is 0.357 e. The van der Waals surface area contributed by atoms with E-state index in [2.05, 4.69) is 15.2 Å². The van der Waals surface area contributed by atoms with Gasteiger partial charge < -0.3 is 10.2 Å². The molecule has 1 aromatic heterocycles.